The van der Waals surface area contributed by atoms with Crippen LogP contribution in [0.2, 0.25) is 0 Å². The molecular formula is C44H40N4OPt. The van der Waals surface area contributed by atoms with Crippen molar-refractivity contribution in [1.29, 1.82) is 0 Å². The third-order valence-electron chi connectivity index (χ3n) is 9.43. The number of benzene rings is 5. The normalized spacial score (nSPS) is 13.1. The molecule has 0 amide bonds. The van der Waals surface area contributed by atoms with Crippen LogP contribution in [0.4, 0.5) is 22.7 Å². The van der Waals surface area contributed by atoms with Gasteiger partial charge < -0.3 is 19.1 Å². The smallest absolute Gasteiger partial charge is 0.509 e. The second kappa shape index (κ2) is 12.8. The van der Waals surface area contributed by atoms with E-state index >= 15 is 0 Å². The molecular weight excluding hydrogens is 796 g/mol. The molecule has 1 aliphatic rings. The molecule has 0 fully saturated rings. The number of nitrogens with zero attached hydrogens (tertiary/aromatic N) is 4. The molecule has 0 atom stereocenters. The summed E-state index contributed by atoms with van der Waals surface area (Å²) in [5.74, 6) is 2.13. The number of hydrogen-bond donors (Lipinski definition) is 0. The zero-order valence-electron chi connectivity index (χ0n) is 29.3. The Labute approximate surface area is 309 Å². The van der Waals surface area contributed by atoms with Crippen molar-refractivity contribution in [3.05, 3.63) is 145 Å². The fourth-order valence-corrected chi connectivity index (χ4v) is 6.72. The van der Waals surface area contributed by atoms with Gasteiger partial charge in [-0.15, -0.1) is 35.7 Å². The van der Waals surface area contributed by atoms with Gasteiger partial charge in [-0.1, -0.05) is 95.2 Å². The molecule has 5 aromatic carbocycles. The van der Waals surface area contributed by atoms with Gasteiger partial charge >= 0.3 is 21.1 Å². The van der Waals surface area contributed by atoms with Gasteiger partial charge in [0.2, 0.25) is 0 Å². The first-order chi connectivity index (χ1) is 23.5. The summed E-state index contributed by atoms with van der Waals surface area (Å²) < 4.78 is 8.76. The molecule has 50 heavy (non-hydrogen) atoms. The average molecular weight is 836 g/mol. The molecule has 0 radical (unpaired) electrons. The van der Waals surface area contributed by atoms with Gasteiger partial charge in [0.1, 0.15) is 5.82 Å². The molecule has 0 spiro atoms. The monoisotopic (exact) mass is 835 g/mol. The molecule has 7 aromatic rings. The van der Waals surface area contributed by atoms with Gasteiger partial charge in [-0.3, -0.25) is 0 Å². The summed E-state index contributed by atoms with van der Waals surface area (Å²) in [4.78, 5) is 9.47. The van der Waals surface area contributed by atoms with Crippen LogP contribution in [0, 0.1) is 12.1 Å². The molecule has 252 valence electrons. The van der Waals surface area contributed by atoms with Crippen molar-refractivity contribution in [2.75, 3.05) is 16.5 Å². The van der Waals surface area contributed by atoms with E-state index in [4.69, 9.17) is 9.72 Å². The molecule has 0 unspecified atom stereocenters. The molecule has 0 aliphatic carbocycles. The predicted molar refractivity (Wildman–Crippen MR) is 202 cm³/mol. The minimum atomic E-state index is -0.0112. The Morgan fingerprint density at radius 2 is 1.30 bits per heavy atom. The van der Waals surface area contributed by atoms with E-state index in [0.29, 0.717) is 18.2 Å². The Bertz CT molecular complexity index is 2330. The van der Waals surface area contributed by atoms with Gasteiger partial charge in [-0.05, 0) is 69.8 Å². The number of anilines is 4. The average Bonchev–Trinajstić information content (AvgIpc) is 3.64. The van der Waals surface area contributed by atoms with Crippen molar-refractivity contribution in [2.45, 2.75) is 52.4 Å². The minimum absolute atomic E-state index is 0. The van der Waals surface area contributed by atoms with E-state index in [0.717, 1.165) is 39.3 Å². The summed E-state index contributed by atoms with van der Waals surface area (Å²) in [7, 11) is 0. The van der Waals surface area contributed by atoms with E-state index in [1.54, 1.807) is 0 Å². The van der Waals surface area contributed by atoms with Crippen LogP contribution in [-0.2, 0) is 31.9 Å². The Morgan fingerprint density at radius 3 is 2.04 bits per heavy atom. The Hall–Kier alpha value is -4.86. The van der Waals surface area contributed by atoms with Crippen LogP contribution in [0.3, 0.4) is 0 Å². The zero-order valence-corrected chi connectivity index (χ0v) is 31.5. The summed E-state index contributed by atoms with van der Waals surface area (Å²) in [6.45, 7) is 14.1. The van der Waals surface area contributed by atoms with Crippen LogP contribution in [0.15, 0.2) is 121 Å². The summed E-state index contributed by atoms with van der Waals surface area (Å²) in [5.41, 5.74) is 8.95. The van der Waals surface area contributed by atoms with E-state index < -0.39 is 0 Å². The molecule has 0 saturated heterocycles. The molecule has 0 bridgehead atoms. The number of aromatic nitrogens is 2. The predicted octanol–water partition coefficient (Wildman–Crippen LogP) is 11.4. The quantitative estimate of drug-likeness (QED) is 0.162. The fraction of sp³-hybridized carbons (Fsp3) is 0.205. The largest absolute Gasteiger partial charge is 2.00 e. The number of hydrogen-bond acceptors (Lipinski definition) is 4. The Morgan fingerprint density at radius 1 is 0.620 bits per heavy atom. The minimum Gasteiger partial charge on any atom is -0.509 e. The third-order valence-corrected chi connectivity index (χ3v) is 9.43. The fourth-order valence-electron chi connectivity index (χ4n) is 6.72. The van der Waals surface area contributed by atoms with Gasteiger partial charge in [-0.25, -0.2) is 4.98 Å². The molecule has 6 heteroatoms. The van der Waals surface area contributed by atoms with Crippen molar-refractivity contribution >= 4 is 44.6 Å². The molecule has 0 saturated carbocycles. The topological polar surface area (TPSA) is 33.5 Å². The van der Waals surface area contributed by atoms with E-state index in [1.165, 1.54) is 22.2 Å². The van der Waals surface area contributed by atoms with Crippen LogP contribution in [-0.4, -0.2) is 16.2 Å². The van der Waals surface area contributed by atoms with Crippen LogP contribution in [0.25, 0.3) is 27.6 Å². The molecule has 0 N–H and O–H groups in total. The molecule has 3 heterocycles. The molecule has 8 rings (SSSR count). The number of para-hydroxylation sites is 3. The first-order valence-electron chi connectivity index (χ1n) is 16.9. The van der Waals surface area contributed by atoms with Crippen molar-refractivity contribution in [3.8, 4) is 17.3 Å². The maximum absolute atomic E-state index is 6.54. The summed E-state index contributed by atoms with van der Waals surface area (Å²) in [5, 5.41) is 2.29. The van der Waals surface area contributed by atoms with Crippen molar-refractivity contribution < 1.29 is 25.8 Å². The van der Waals surface area contributed by atoms with Crippen LogP contribution >= 0.6 is 0 Å². The zero-order chi connectivity index (χ0) is 33.9. The number of ether oxygens (including phenoxy) is 1. The van der Waals surface area contributed by atoms with Crippen LogP contribution in [0.5, 0.6) is 11.5 Å². The second-order valence-electron chi connectivity index (χ2n) is 14.9. The summed E-state index contributed by atoms with van der Waals surface area (Å²) >= 11 is 0. The summed E-state index contributed by atoms with van der Waals surface area (Å²) in [6, 6.07) is 47.5. The molecule has 1 aliphatic heterocycles. The first kappa shape index (κ1) is 33.6. The van der Waals surface area contributed by atoms with Gasteiger partial charge in [-0.2, -0.15) is 12.1 Å². The van der Waals surface area contributed by atoms with E-state index in [-0.39, 0.29) is 31.9 Å². The Balaban J connectivity index is 0.00000392. The summed E-state index contributed by atoms with van der Waals surface area (Å²) in [6.07, 6.45) is 1.91. The maximum Gasteiger partial charge on any atom is 2.00 e. The SMILES string of the molecule is CC(C)(C)c1ccnc(-n2c3[c-]c(Oc4[c-]c(N5CN(c6ccccc6)c6ccccc65)ccc4)ccc3c3cc(C(C)(C)C)ccc32)c1.[Pt+2]. The first-order valence-corrected chi connectivity index (χ1v) is 16.9. The number of pyridine rings is 1. The van der Waals surface area contributed by atoms with Crippen molar-refractivity contribution in [3.63, 3.8) is 0 Å². The Kier molecular flexibility index (Phi) is 8.60. The van der Waals surface area contributed by atoms with Crippen molar-refractivity contribution in [1.82, 2.24) is 9.55 Å². The van der Waals surface area contributed by atoms with Crippen molar-refractivity contribution in [2.24, 2.45) is 0 Å². The number of fused-ring (bicyclic) bond motifs is 4. The van der Waals surface area contributed by atoms with Crippen LogP contribution < -0.4 is 14.5 Å². The van der Waals surface area contributed by atoms with Gasteiger partial charge in [0.25, 0.3) is 0 Å². The van der Waals surface area contributed by atoms with Gasteiger partial charge in [0.15, 0.2) is 0 Å². The molecule has 5 nitrogen and oxygen atoms in total. The van der Waals surface area contributed by atoms with E-state index in [2.05, 4.69) is 159 Å². The maximum atomic E-state index is 6.54. The van der Waals surface area contributed by atoms with Gasteiger partial charge in [0.05, 0.1) is 18.0 Å². The van der Waals surface area contributed by atoms with Crippen LogP contribution in [0.1, 0.15) is 52.7 Å². The van der Waals surface area contributed by atoms with E-state index in [1.807, 2.05) is 30.5 Å². The third kappa shape index (κ3) is 6.09. The number of rotatable bonds is 5. The standard InChI is InChI=1S/C44H40N4O.Pt/c1-43(2,3)30-19-22-38-37(25-30)36-21-20-35(28-41(36)48(38)42-26-31(23-24-45-42)44(4,5)6)49-34-16-12-15-33(27-34)47-29-46(32-13-8-7-9-14-32)39-17-10-11-18-40(39)47;/h7-26H,29H2,1-6H3;/q-2;+2. The molecule has 2 aromatic heterocycles. The van der Waals surface area contributed by atoms with Gasteiger partial charge in [0, 0.05) is 28.9 Å². The van der Waals surface area contributed by atoms with E-state index in [9.17, 15) is 0 Å². The second-order valence-corrected chi connectivity index (χ2v) is 14.9.